The van der Waals surface area contributed by atoms with Gasteiger partial charge in [-0.2, -0.15) is 0 Å². The van der Waals surface area contributed by atoms with E-state index in [1.165, 1.54) is 5.56 Å². The molecule has 1 saturated heterocycles. The first kappa shape index (κ1) is 14.5. The summed E-state index contributed by atoms with van der Waals surface area (Å²) >= 11 is 3.51. The summed E-state index contributed by atoms with van der Waals surface area (Å²) in [5, 5.41) is 0. The maximum absolute atomic E-state index is 11.5. The van der Waals surface area contributed by atoms with Crippen LogP contribution in [-0.4, -0.2) is 30.9 Å². The van der Waals surface area contributed by atoms with E-state index in [-0.39, 0.29) is 5.92 Å². The van der Waals surface area contributed by atoms with Crippen molar-refractivity contribution in [2.75, 3.05) is 20.2 Å². The third-order valence-corrected chi connectivity index (χ3v) is 4.32. The smallest absolute Gasteiger partial charge is 0.134 e. The predicted molar refractivity (Wildman–Crippen MR) is 79.4 cm³/mol. The van der Waals surface area contributed by atoms with Gasteiger partial charge in [-0.15, -0.1) is 0 Å². The van der Waals surface area contributed by atoms with Gasteiger partial charge in [-0.3, -0.25) is 9.69 Å². The molecule has 1 aromatic rings. The number of rotatable bonds is 4. The van der Waals surface area contributed by atoms with Gasteiger partial charge < -0.3 is 4.74 Å². The summed E-state index contributed by atoms with van der Waals surface area (Å²) in [5.41, 5.74) is 1.25. The molecular weight excluding hydrogens is 306 g/mol. The van der Waals surface area contributed by atoms with Gasteiger partial charge in [0.25, 0.3) is 0 Å². The standard InChI is InChI=1S/C15H20BrNO2/c1-11(18)13-4-3-7-17(10-13)9-12-5-6-15(19-2)14(16)8-12/h5-6,8,13H,3-4,7,9-10H2,1-2H3. The first-order chi connectivity index (χ1) is 9.10. The molecule has 3 nitrogen and oxygen atoms in total. The first-order valence-electron chi connectivity index (χ1n) is 6.65. The Kier molecular flexibility index (Phi) is 4.99. The number of hydrogen-bond acceptors (Lipinski definition) is 3. The van der Waals surface area contributed by atoms with Gasteiger partial charge in [-0.1, -0.05) is 6.07 Å². The van der Waals surface area contributed by atoms with Crippen LogP contribution in [0.2, 0.25) is 0 Å². The number of ketones is 1. The van der Waals surface area contributed by atoms with Crippen molar-refractivity contribution in [3.63, 3.8) is 0 Å². The molecule has 104 valence electrons. The summed E-state index contributed by atoms with van der Waals surface area (Å²) in [5.74, 6) is 1.39. The molecule has 4 heteroatoms. The highest BCUT2D eigenvalue weighted by Gasteiger charge is 2.23. The molecule has 1 heterocycles. The lowest BCUT2D eigenvalue weighted by molar-refractivity contribution is -0.122. The summed E-state index contributed by atoms with van der Waals surface area (Å²) in [7, 11) is 1.67. The Morgan fingerprint density at radius 2 is 2.32 bits per heavy atom. The zero-order valence-electron chi connectivity index (χ0n) is 11.5. The molecule has 0 spiro atoms. The Morgan fingerprint density at radius 1 is 1.53 bits per heavy atom. The van der Waals surface area contributed by atoms with Gasteiger partial charge in [0.2, 0.25) is 0 Å². The van der Waals surface area contributed by atoms with Crippen molar-refractivity contribution in [2.45, 2.75) is 26.3 Å². The van der Waals surface area contributed by atoms with Gasteiger partial charge in [-0.05, 0) is 59.9 Å². The second-order valence-electron chi connectivity index (χ2n) is 5.15. The topological polar surface area (TPSA) is 29.5 Å². The highest BCUT2D eigenvalue weighted by Crippen LogP contribution is 2.27. The van der Waals surface area contributed by atoms with Gasteiger partial charge >= 0.3 is 0 Å². The van der Waals surface area contributed by atoms with Crippen molar-refractivity contribution >= 4 is 21.7 Å². The van der Waals surface area contributed by atoms with Crippen LogP contribution in [0.4, 0.5) is 0 Å². The first-order valence-corrected chi connectivity index (χ1v) is 7.44. The number of methoxy groups -OCH3 is 1. The van der Waals surface area contributed by atoms with Crippen LogP contribution in [0.15, 0.2) is 22.7 Å². The predicted octanol–water partition coefficient (Wildman–Crippen LogP) is 3.26. The molecule has 1 aromatic carbocycles. The van der Waals surface area contributed by atoms with E-state index < -0.39 is 0 Å². The SMILES string of the molecule is COc1ccc(CN2CCCC(C(C)=O)C2)cc1Br. The number of carbonyl (C=O) groups is 1. The van der Waals surface area contributed by atoms with Crippen molar-refractivity contribution < 1.29 is 9.53 Å². The molecule has 19 heavy (non-hydrogen) atoms. The minimum atomic E-state index is 0.218. The third-order valence-electron chi connectivity index (χ3n) is 3.70. The van der Waals surface area contributed by atoms with Crippen LogP contribution in [0.5, 0.6) is 5.75 Å². The van der Waals surface area contributed by atoms with Gasteiger partial charge in [0.15, 0.2) is 0 Å². The minimum Gasteiger partial charge on any atom is -0.496 e. The van der Waals surface area contributed by atoms with E-state index in [2.05, 4.69) is 33.0 Å². The van der Waals surface area contributed by atoms with E-state index >= 15 is 0 Å². The summed E-state index contributed by atoms with van der Waals surface area (Å²) in [6.45, 7) is 4.57. The van der Waals surface area contributed by atoms with E-state index in [1.807, 2.05) is 6.07 Å². The second-order valence-corrected chi connectivity index (χ2v) is 6.01. The number of likely N-dealkylation sites (tertiary alicyclic amines) is 1. The number of halogens is 1. The molecule has 0 radical (unpaired) electrons. The Bertz CT molecular complexity index is 461. The van der Waals surface area contributed by atoms with Crippen LogP contribution in [0.25, 0.3) is 0 Å². The van der Waals surface area contributed by atoms with Crippen molar-refractivity contribution in [3.05, 3.63) is 28.2 Å². The van der Waals surface area contributed by atoms with E-state index in [9.17, 15) is 4.79 Å². The number of piperidine rings is 1. The summed E-state index contributed by atoms with van der Waals surface area (Å²) in [6.07, 6.45) is 2.15. The van der Waals surface area contributed by atoms with Crippen LogP contribution in [0.1, 0.15) is 25.3 Å². The zero-order chi connectivity index (χ0) is 13.8. The highest BCUT2D eigenvalue weighted by atomic mass is 79.9. The fourth-order valence-corrected chi connectivity index (χ4v) is 3.19. The van der Waals surface area contributed by atoms with E-state index in [1.54, 1.807) is 14.0 Å². The fraction of sp³-hybridized carbons (Fsp3) is 0.533. The number of benzene rings is 1. The molecule has 2 rings (SSSR count). The van der Waals surface area contributed by atoms with Gasteiger partial charge in [-0.25, -0.2) is 0 Å². The van der Waals surface area contributed by atoms with E-state index in [0.717, 1.165) is 42.7 Å². The Hall–Kier alpha value is -0.870. The molecule has 0 aliphatic carbocycles. The molecule has 0 bridgehead atoms. The number of ether oxygens (including phenoxy) is 1. The van der Waals surface area contributed by atoms with Gasteiger partial charge in [0.1, 0.15) is 11.5 Å². The number of hydrogen-bond donors (Lipinski definition) is 0. The lowest BCUT2D eigenvalue weighted by atomic mass is 9.94. The normalized spacial score (nSPS) is 20.3. The van der Waals surface area contributed by atoms with Crippen LogP contribution in [0, 0.1) is 5.92 Å². The lowest BCUT2D eigenvalue weighted by Crippen LogP contribution is -2.37. The molecule has 1 aliphatic heterocycles. The minimum absolute atomic E-state index is 0.218. The molecular formula is C15H20BrNO2. The molecule has 0 N–H and O–H groups in total. The molecule has 0 saturated carbocycles. The summed E-state index contributed by atoms with van der Waals surface area (Å²) < 4.78 is 6.21. The highest BCUT2D eigenvalue weighted by molar-refractivity contribution is 9.10. The zero-order valence-corrected chi connectivity index (χ0v) is 13.1. The number of Topliss-reactive ketones (excluding diaryl/α,β-unsaturated/α-hetero) is 1. The van der Waals surface area contributed by atoms with Crippen molar-refractivity contribution in [1.82, 2.24) is 4.90 Å². The largest absolute Gasteiger partial charge is 0.496 e. The Morgan fingerprint density at radius 3 is 2.95 bits per heavy atom. The molecule has 0 amide bonds. The van der Waals surface area contributed by atoms with E-state index in [0.29, 0.717) is 5.78 Å². The van der Waals surface area contributed by atoms with Crippen LogP contribution < -0.4 is 4.74 Å². The molecule has 1 fully saturated rings. The third kappa shape index (κ3) is 3.80. The second kappa shape index (κ2) is 6.53. The monoisotopic (exact) mass is 325 g/mol. The van der Waals surface area contributed by atoms with Crippen molar-refractivity contribution in [3.8, 4) is 5.75 Å². The Balaban J connectivity index is 2.00. The molecule has 0 aromatic heterocycles. The number of carbonyl (C=O) groups excluding carboxylic acids is 1. The summed E-state index contributed by atoms with van der Waals surface area (Å²) in [6, 6.07) is 6.16. The molecule has 1 aliphatic rings. The van der Waals surface area contributed by atoms with Crippen molar-refractivity contribution in [2.24, 2.45) is 5.92 Å². The van der Waals surface area contributed by atoms with Gasteiger partial charge in [0, 0.05) is 19.0 Å². The average Bonchev–Trinajstić information content (AvgIpc) is 2.39. The quantitative estimate of drug-likeness (QED) is 0.851. The Labute approximate surface area is 123 Å². The molecule has 1 atom stereocenters. The van der Waals surface area contributed by atoms with Crippen LogP contribution in [0.3, 0.4) is 0 Å². The summed E-state index contributed by atoms with van der Waals surface area (Å²) in [4.78, 5) is 13.8. The maximum Gasteiger partial charge on any atom is 0.134 e. The van der Waals surface area contributed by atoms with Crippen LogP contribution in [-0.2, 0) is 11.3 Å². The lowest BCUT2D eigenvalue weighted by Gasteiger charge is -2.31. The van der Waals surface area contributed by atoms with Crippen LogP contribution >= 0.6 is 15.9 Å². The van der Waals surface area contributed by atoms with E-state index in [4.69, 9.17) is 4.74 Å². The molecule has 1 unspecified atom stereocenters. The average molecular weight is 326 g/mol. The number of nitrogens with zero attached hydrogens (tertiary/aromatic N) is 1. The van der Waals surface area contributed by atoms with Gasteiger partial charge in [0.05, 0.1) is 11.6 Å². The van der Waals surface area contributed by atoms with Crippen molar-refractivity contribution in [1.29, 1.82) is 0 Å². The maximum atomic E-state index is 11.5. The fourth-order valence-electron chi connectivity index (χ4n) is 2.60.